The second kappa shape index (κ2) is 8.06. The molecule has 5 nitrogen and oxygen atoms in total. The quantitative estimate of drug-likeness (QED) is 0.926. The lowest BCUT2D eigenvalue weighted by atomic mass is 10.2. The third-order valence-corrected chi connectivity index (χ3v) is 5.28. The highest BCUT2D eigenvalue weighted by molar-refractivity contribution is 7.99. The van der Waals surface area contributed by atoms with Crippen molar-refractivity contribution in [2.45, 2.75) is 11.7 Å². The van der Waals surface area contributed by atoms with E-state index < -0.39 is 0 Å². The van der Waals surface area contributed by atoms with Crippen LogP contribution in [0.15, 0.2) is 53.1 Å². The van der Waals surface area contributed by atoms with E-state index in [9.17, 15) is 9.59 Å². The highest BCUT2D eigenvalue weighted by Crippen LogP contribution is 2.34. The number of furan rings is 1. The van der Waals surface area contributed by atoms with Crippen molar-refractivity contribution in [1.82, 2.24) is 10.2 Å². The summed E-state index contributed by atoms with van der Waals surface area (Å²) in [5.41, 5.74) is 0.564. The molecule has 6 heteroatoms. The number of thioether (sulfide) groups is 1. The first-order chi connectivity index (χ1) is 11.7. The number of nitrogens with zero attached hydrogens (tertiary/aromatic N) is 1. The Morgan fingerprint density at radius 1 is 1.17 bits per heavy atom. The monoisotopic (exact) mass is 344 g/mol. The van der Waals surface area contributed by atoms with Crippen LogP contribution in [0.5, 0.6) is 0 Å². The highest BCUT2D eigenvalue weighted by Gasteiger charge is 2.23. The molecule has 3 rings (SSSR count). The molecule has 1 aliphatic rings. The van der Waals surface area contributed by atoms with Crippen molar-refractivity contribution in [3.8, 4) is 0 Å². The van der Waals surface area contributed by atoms with Gasteiger partial charge in [-0.3, -0.25) is 9.59 Å². The Labute approximate surface area is 145 Å². The van der Waals surface area contributed by atoms with Crippen LogP contribution in [-0.4, -0.2) is 42.1 Å². The number of amides is 2. The highest BCUT2D eigenvalue weighted by atomic mass is 32.2. The third-order valence-electron chi connectivity index (χ3n) is 3.99. The van der Waals surface area contributed by atoms with E-state index in [1.54, 1.807) is 30.5 Å². The molecule has 126 valence electrons. The van der Waals surface area contributed by atoms with Gasteiger partial charge in [-0.25, -0.2) is 0 Å². The molecule has 1 saturated heterocycles. The molecule has 0 spiro atoms. The van der Waals surface area contributed by atoms with Crippen molar-refractivity contribution in [1.29, 1.82) is 0 Å². The van der Waals surface area contributed by atoms with Gasteiger partial charge >= 0.3 is 0 Å². The van der Waals surface area contributed by atoms with Crippen LogP contribution in [0.4, 0.5) is 0 Å². The molecule has 1 fully saturated rings. The Hall–Kier alpha value is -2.21. The maximum absolute atomic E-state index is 12.4. The molecule has 0 saturated carbocycles. The Balaban J connectivity index is 1.49. The Morgan fingerprint density at radius 2 is 2.00 bits per heavy atom. The molecule has 1 aliphatic heterocycles. The number of nitrogens with one attached hydrogen (secondary N) is 1. The molecule has 2 aromatic rings. The standard InChI is InChI=1S/C18H20N2O3S/c21-17(13-19-18(22)14-5-2-1-3-6-14)20-9-8-16(24-12-10-20)15-7-4-11-23-15/h1-7,11,16H,8-10,12-13H2,(H,19,22). The van der Waals surface area contributed by atoms with Crippen molar-refractivity contribution in [3.63, 3.8) is 0 Å². The largest absolute Gasteiger partial charge is 0.468 e. The summed E-state index contributed by atoms with van der Waals surface area (Å²) in [6, 6.07) is 12.8. The average Bonchev–Trinajstić information content (AvgIpc) is 3.04. The Morgan fingerprint density at radius 3 is 2.75 bits per heavy atom. The van der Waals surface area contributed by atoms with Gasteiger partial charge in [-0.2, -0.15) is 0 Å². The summed E-state index contributed by atoms with van der Waals surface area (Å²) in [5, 5.41) is 2.99. The maximum Gasteiger partial charge on any atom is 0.251 e. The lowest BCUT2D eigenvalue weighted by Gasteiger charge is -2.20. The first-order valence-corrected chi connectivity index (χ1v) is 9.05. The van der Waals surface area contributed by atoms with Crippen LogP contribution in [0, 0.1) is 0 Å². The molecular formula is C18H20N2O3S. The Bertz CT molecular complexity index is 673. The van der Waals surface area contributed by atoms with Crippen molar-refractivity contribution in [2.75, 3.05) is 25.4 Å². The number of hydrogen-bond donors (Lipinski definition) is 1. The van der Waals surface area contributed by atoms with Crippen LogP contribution in [-0.2, 0) is 4.79 Å². The minimum atomic E-state index is -0.221. The van der Waals surface area contributed by atoms with Crippen LogP contribution in [0.25, 0.3) is 0 Å². The van der Waals surface area contributed by atoms with E-state index in [1.807, 2.05) is 34.9 Å². The summed E-state index contributed by atoms with van der Waals surface area (Å²) in [5.74, 6) is 1.57. The average molecular weight is 344 g/mol. The number of rotatable bonds is 4. The van der Waals surface area contributed by atoms with Crippen LogP contribution in [0.3, 0.4) is 0 Å². The first-order valence-electron chi connectivity index (χ1n) is 8.00. The zero-order valence-corrected chi connectivity index (χ0v) is 14.1. The van der Waals surface area contributed by atoms with Crippen molar-refractivity contribution in [2.24, 2.45) is 0 Å². The van der Waals surface area contributed by atoms with Gasteiger partial charge in [0.1, 0.15) is 5.76 Å². The van der Waals surface area contributed by atoms with E-state index in [-0.39, 0.29) is 23.6 Å². The predicted molar refractivity (Wildman–Crippen MR) is 93.9 cm³/mol. The summed E-state index contributed by atoms with van der Waals surface area (Å²) >= 11 is 1.81. The molecule has 2 heterocycles. The van der Waals surface area contributed by atoms with Crippen LogP contribution >= 0.6 is 11.8 Å². The van der Waals surface area contributed by atoms with Gasteiger partial charge in [-0.1, -0.05) is 18.2 Å². The van der Waals surface area contributed by atoms with E-state index in [0.717, 1.165) is 17.9 Å². The zero-order chi connectivity index (χ0) is 16.8. The molecule has 0 aliphatic carbocycles. The van der Waals surface area contributed by atoms with Gasteiger partial charge in [-0.15, -0.1) is 11.8 Å². The molecule has 2 amide bonds. The molecule has 0 radical (unpaired) electrons. The van der Waals surface area contributed by atoms with Gasteiger partial charge < -0.3 is 14.6 Å². The third kappa shape index (κ3) is 4.20. The maximum atomic E-state index is 12.4. The molecule has 1 atom stereocenters. The van der Waals surface area contributed by atoms with Gasteiger partial charge in [0, 0.05) is 24.4 Å². The van der Waals surface area contributed by atoms with Crippen molar-refractivity contribution in [3.05, 3.63) is 60.1 Å². The van der Waals surface area contributed by atoms with E-state index >= 15 is 0 Å². The Kier molecular flexibility index (Phi) is 5.59. The molecule has 1 aromatic heterocycles. The molecule has 1 unspecified atom stereocenters. The van der Waals surface area contributed by atoms with Crippen molar-refractivity contribution < 1.29 is 14.0 Å². The van der Waals surface area contributed by atoms with Gasteiger partial charge in [0.25, 0.3) is 5.91 Å². The van der Waals surface area contributed by atoms with Gasteiger partial charge in [0.2, 0.25) is 5.91 Å². The topological polar surface area (TPSA) is 62.6 Å². The minimum absolute atomic E-state index is 0.0316. The molecule has 0 bridgehead atoms. The van der Waals surface area contributed by atoms with Gasteiger partial charge in [0.05, 0.1) is 18.1 Å². The smallest absolute Gasteiger partial charge is 0.251 e. The number of hydrogen-bond acceptors (Lipinski definition) is 4. The summed E-state index contributed by atoms with van der Waals surface area (Å²) in [6.07, 6.45) is 2.54. The second-order valence-electron chi connectivity index (χ2n) is 5.59. The van der Waals surface area contributed by atoms with Crippen LogP contribution in [0.1, 0.15) is 27.8 Å². The first kappa shape index (κ1) is 16.6. The zero-order valence-electron chi connectivity index (χ0n) is 13.3. The fourth-order valence-corrected chi connectivity index (χ4v) is 3.86. The van der Waals surface area contributed by atoms with Crippen LogP contribution in [0.2, 0.25) is 0 Å². The number of benzene rings is 1. The van der Waals surface area contributed by atoms with E-state index in [2.05, 4.69) is 5.32 Å². The van der Waals surface area contributed by atoms with E-state index in [4.69, 9.17) is 4.42 Å². The summed E-state index contributed by atoms with van der Waals surface area (Å²) in [4.78, 5) is 26.2. The molecule has 1 N–H and O–H groups in total. The molecular weight excluding hydrogens is 324 g/mol. The van der Waals surface area contributed by atoms with Gasteiger partial charge in [-0.05, 0) is 30.7 Å². The predicted octanol–water partition coefficient (Wildman–Crippen LogP) is 2.72. The van der Waals surface area contributed by atoms with Crippen LogP contribution < -0.4 is 5.32 Å². The van der Waals surface area contributed by atoms with Crippen molar-refractivity contribution >= 4 is 23.6 Å². The lowest BCUT2D eigenvalue weighted by Crippen LogP contribution is -2.41. The molecule has 24 heavy (non-hydrogen) atoms. The summed E-state index contributed by atoms with van der Waals surface area (Å²) < 4.78 is 5.47. The fraction of sp³-hybridized carbons (Fsp3) is 0.333. The van der Waals surface area contributed by atoms with Gasteiger partial charge in [0.15, 0.2) is 0 Å². The SMILES string of the molecule is O=C(NCC(=O)N1CCSC(c2ccco2)CC1)c1ccccc1. The number of carbonyl (C=O) groups excluding carboxylic acids is 2. The lowest BCUT2D eigenvalue weighted by molar-refractivity contribution is -0.129. The number of carbonyl (C=O) groups is 2. The van der Waals surface area contributed by atoms with E-state index in [1.165, 1.54) is 0 Å². The fourth-order valence-electron chi connectivity index (χ4n) is 2.68. The summed E-state index contributed by atoms with van der Waals surface area (Å²) in [7, 11) is 0. The normalized spacial score (nSPS) is 18.0. The second-order valence-corrected chi connectivity index (χ2v) is 6.90. The summed E-state index contributed by atoms with van der Waals surface area (Å²) in [6.45, 7) is 1.41. The minimum Gasteiger partial charge on any atom is -0.468 e. The van der Waals surface area contributed by atoms with E-state index in [0.29, 0.717) is 18.7 Å². The molecule has 1 aromatic carbocycles.